The van der Waals surface area contributed by atoms with Gasteiger partial charge in [0.1, 0.15) is 0 Å². The van der Waals surface area contributed by atoms with Gasteiger partial charge in [-0.2, -0.15) is 12.7 Å². The van der Waals surface area contributed by atoms with Crippen LogP contribution in [0.2, 0.25) is 0 Å². The maximum atomic E-state index is 10.8. The summed E-state index contributed by atoms with van der Waals surface area (Å²) in [4.78, 5) is 10.7. The van der Waals surface area contributed by atoms with E-state index in [1.54, 1.807) is 0 Å². The molecule has 0 aromatic carbocycles. The summed E-state index contributed by atoms with van der Waals surface area (Å²) in [6.07, 6.45) is 0. The van der Waals surface area contributed by atoms with Gasteiger partial charge < -0.3 is 5.73 Å². The minimum atomic E-state index is -4.22. The first-order chi connectivity index (χ1) is 5.93. The van der Waals surface area contributed by atoms with Gasteiger partial charge in [-0.1, -0.05) is 4.49 Å². The van der Waals surface area contributed by atoms with Crippen molar-refractivity contribution in [1.82, 2.24) is 9.59 Å². The molecule has 0 aliphatic heterocycles. The number of nitrogens with two attached hydrogens (primary N) is 2. The Labute approximate surface area is 77.5 Å². The highest BCUT2D eigenvalue weighted by molar-refractivity contribution is 7.91. The van der Waals surface area contributed by atoms with E-state index in [-0.39, 0.29) is 10.1 Å². The summed E-state index contributed by atoms with van der Waals surface area (Å²) >= 11 is 0.871. The van der Waals surface area contributed by atoms with E-state index < -0.39 is 16.2 Å². The molecule has 0 bridgehead atoms. The van der Waals surface area contributed by atoms with E-state index in [1.165, 1.54) is 5.38 Å². The van der Waals surface area contributed by atoms with Crippen LogP contribution in [0.1, 0.15) is 0 Å². The lowest BCUT2D eigenvalue weighted by atomic mass is 10.8. The SMILES string of the molecule is NC(=O)N(c1csnn1)S(N)(=O)=O. The normalized spacial score (nSPS) is 11.2. The van der Waals surface area contributed by atoms with Crippen molar-refractivity contribution < 1.29 is 13.2 Å². The summed E-state index contributed by atoms with van der Waals surface area (Å²) in [5, 5.41) is 9.28. The molecule has 13 heavy (non-hydrogen) atoms. The average molecular weight is 223 g/mol. The van der Waals surface area contributed by atoms with E-state index in [9.17, 15) is 13.2 Å². The highest BCUT2D eigenvalue weighted by Gasteiger charge is 2.25. The molecule has 1 aromatic heterocycles. The zero-order valence-electron chi connectivity index (χ0n) is 6.11. The number of urea groups is 1. The maximum absolute atomic E-state index is 10.8. The third-order valence-corrected chi connectivity index (χ3v) is 2.38. The van der Waals surface area contributed by atoms with Crippen LogP contribution in [0.4, 0.5) is 10.6 Å². The van der Waals surface area contributed by atoms with Crippen LogP contribution in [0.5, 0.6) is 0 Å². The van der Waals surface area contributed by atoms with Crippen molar-refractivity contribution in [3.8, 4) is 0 Å². The number of hydrogen-bond donors (Lipinski definition) is 2. The molecule has 4 N–H and O–H groups in total. The van der Waals surface area contributed by atoms with E-state index in [2.05, 4.69) is 9.59 Å². The van der Waals surface area contributed by atoms with Gasteiger partial charge in [0.05, 0.1) is 5.38 Å². The van der Waals surface area contributed by atoms with Crippen molar-refractivity contribution in [2.45, 2.75) is 0 Å². The minimum Gasteiger partial charge on any atom is -0.350 e. The fraction of sp³-hybridized carbons (Fsp3) is 0. The van der Waals surface area contributed by atoms with Gasteiger partial charge in [-0.3, -0.25) is 0 Å². The largest absolute Gasteiger partial charge is 0.350 e. The van der Waals surface area contributed by atoms with Crippen molar-refractivity contribution in [1.29, 1.82) is 0 Å². The molecule has 1 rings (SSSR count). The van der Waals surface area contributed by atoms with Crippen LogP contribution < -0.4 is 15.2 Å². The Morgan fingerprint density at radius 1 is 1.62 bits per heavy atom. The lowest BCUT2D eigenvalue weighted by Gasteiger charge is -2.12. The molecule has 72 valence electrons. The Bertz CT molecular complexity index is 397. The van der Waals surface area contributed by atoms with Gasteiger partial charge in [-0.05, 0) is 11.5 Å². The number of carbonyl (C=O) groups excluding carboxylic acids is 1. The molecular formula is C3H5N5O3S2. The molecule has 0 aliphatic rings. The zero-order chi connectivity index (χ0) is 10.1. The van der Waals surface area contributed by atoms with Gasteiger partial charge in [-0.15, -0.1) is 5.10 Å². The number of amides is 2. The van der Waals surface area contributed by atoms with Gasteiger partial charge in [0, 0.05) is 0 Å². The smallest absolute Gasteiger partial charge is 0.335 e. The van der Waals surface area contributed by atoms with Crippen molar-refractivity contribution in [3.63, 3.8) is 0 Å². The quantitative estimate of drug-likeness (QED) is 0.638. The summed E-state index contributed by atoms with van der Waals surface area (Å²) < 4.78 is 25.1. The first-order valence-corrected chi connectivity index (χ1v) is 5.16. The number of carbonyl (C=O) groups is 1. The summed E-state index contributed by atoms with van der Waals surface area (Å²) in [6.45, 7) is 0. The molecule has 2 amide bonds. The Hall–Kier alpha value is -1.26. The molecule has 8 nitrogen and oxygen atoms in total. The maximum Gasteiger partial charge on any atom is 0.335 e. The number of anilines is 1. The summed E-state index contributed by atoms with van der Waals surface area (Å²) in [6, 6.07) is -1.23. The lowest BCUT2D eigenvalue weighted by Crippen LogP contribution is -2.44. The van der Waals surface area contributed by atoms with Crippen LogP contribution in [-0.4, -0.2) is 24.0 Å². The number of rotatable bonds is 2. The fourth-order valence-electron chi connectivity index (χ4n) is 0.617. The highest BCUT2D eigenvalue weighted by atomic mass is 32.2. The summed E-state index contributed by atoms with van der Waals surface area (Å²) in [5.41, 5.74) is 4.78. The Kier molecular flexibility index (Phi) is 2.45. The third kappa shape index (κ3) is 2.11. The van der Waals surface area contributed by atoms with Crippen molar-refractivity contribution in [2.75, 3.05) is 4.31 Å². The molecule has 0 radical (unpaired) electrons. The predicted molar refractivity (Wildman–Crippen MR) is 45.1 cm³/mol. The number of nitrogens with zero attached hydrogens (tertiary/aromatic N) is 3. The predicted octanol–water partition coefficient (Wildman–Crippen LogP) is -1.37. The molecule has 0 fully saturated rings. The number of hydrogen-bond acceptors (Lipinski definition) is 6. The van der Waals surface area contributed by atoms with Crippen molar-refractivity contribution in [3.05, 3.63) is 5.38 Å². The van der Waals surface area contributed by atoms with Gasteiger partial charge in [0.2, 0.25) is 0 Å². The van der Waals surface area contributed by atoms with Crippen LogP contribution >= 0.6 is 11.5 Å². The molecule has 0 spiro atoms. The highest BCUT2D eigenvalue weighted by Crippen LogP contribution is 2.13. The van der Waals surface area contributed by atoms with Crippen LogP contribution in [-0.2, 0) is 10.2 Å². The molecule has 1 heterocycles. The Balaban J connectivity index is 3.17. The summed E-state index contributed by atoms with van der Waals surface area (Å²) in [7, 11) is -4.22. The van der Waals surface area contributed by atoms with Crippen LogP contribution in [0.3, 0.4) is 0 Å². The number of aromatic nitrogens is 2. The van der Waals surface area contributed by atoms with Gasteiger partial charge in [0.15, 0.2) is 5.82 Å². The standard InChI is InChI=1S/C3H5N5O3S2/c4-3(9)8(13(5,10)11)2-1-12-7-6-2/h1H,(H2,4,9)(H2,5,10,11). The molecule has 0 atom stereocenters. The zero-order valence-corrected chi connectivity index (χ0v) is 7.75. The second-order valence-corrected chi connectivity index (χ2v) is 3.92. The lowest BCUT2D eigenvalue weighted by molar-refractivity contribution is 0.256. The minimum absolute atomic E-state index is 0.163. The third-order valence-electron chi connectivity index (χ3n) is 1.01. The second-order valence-electron chi connectivity index (χ2n) is 1.91. The second kappa shape index (κ2) is 3.24. The monoisotopic (exact) mass is 223 g/mol. The van der Waals surface area contributed by atoms with Gasteiger partial charge >= 0.3 is 16.2 Å². The molecule has 0 aliphatic carbocycles. The van der Waals surface area contributed by atoms with Gasteiger partial charge in [0.25, 0.3) is 0 Å². The van der Waals surface area contributed by atoms with E-state index in [4.69, 9.17) is 10.9 Å². The van der Waals surface area contributed by atoms with E-state index >= 15 is 0 Å². The first-order valence-electron chi connectivity index (χ1n) is 2.82. The molecular weight excluding hydrogens is 218 g/mol. The topological polar surface area (TPSA) is 132 Å². The van der Waals surface area contributed by atoms with E-state index in [1.807, 2.05) is 0 Å². The first kappa shape index (κ1) is 9.83. The Morgan fingerprint density at radius 2 is 2.23 bits per heavy atom. The Morgan fingerprint density at radius 3 is 2.54 bits per heavy atom. The molecule has 0 saturated heterocycles. The van der Waals surface area contributed by atoms with Crippen molar-refractivity contribution >= 4 is 33.6 Å². The van der Waals surface area contributed by atoms with Crippen LogP contribution in [0.15, 0.2) is 5.38 Å². The van der Waals surface area contributed by atoms with Crippen LogP contribution in [0, 0.1) is 0 Å². The van der Waals surface area contributed by atoms with E-state index in [0.717, 1.165) is 11.5 Å². The molecule has 0 saturated carbocycles. The molecule has 0 unspecified atom stereocenters. The summed E-state index contributed by atoms with van der Waals surface area (Å²) in [5.74, 6) is -0.208. The van der Waals surface area contributed by atoms with Crippen LogP contribution in [0.25, 0.3) is 0 Å². The average Bonchev–Trinajstić information content (AvgIpc) is 2.34. The molecule has 10 heteroatoms. The fourth-order valence-corrected chi connectivity index (χ4v) is 1.71. The van der Waals surface area contributed by atoms with Gasteiger partial charge in [-0.25, -0.2) is 9.93 Å². The van der Waals surface area contributed by atoms with E-state index in [0.29, 0.717) is 0 Å². The molecule has 1 aromatic rings. The van der Waals surface area contributed by atoms with Crippen molar-refractivity contribution in [2.24, 2.45) is 10.9 Å². The number of primary amides is 1.